The Kier molecular flexibility index (Phi) is 3.98. The van der Waals surface area contributed by atoms with Crippen LogP contribution in [0.15, 0.2) is 24.4 Å². The predicted octanol–water partition coefficient (Wildman–Crippen LogP) is 3.91. The van der Waals surface area contributed by atoms with Gasteiger partial charge in [0, 0.05) is 23.8 Å². The number of carbonyl (C=O) groups is 1. The molecule has 5 heteroatoms. The molecule has 2 aromatic rings. The Hall–Kier alpha value is -2.17. The normalized spacial score (nSPS) is 18.5. The van der Waals surface area contributed by atoms with Crippen LogP contribution < -0.4 is 4.90 Å². The molecule has 0 saturated carbocycles. The molecule has 1 saturated heterocycles. The van der Waals surface area contributed by atoms with Crippen LogP contribution in [0, 0.1) is 19.7 Å². The molecule has 1 amide bonds. The zero-order valence-electron chi connectivity index (χ0n) is 14.9. The molecule has 3 rings (SSSR count). The topological polar surface area (TPSA) is 38.1 Å². The first kappa shape index (κ1) is 16.7. The maximum atomic E-state index is 13.8. The minimum atomic E-state index is -0.285. The van der Waals surface area contributed by atoms with Crippen molar-refractivity contribution in [1.29, 1.82) is 0 Å². The first-order chi connectivity index (χ1) is 11.2. The minimum Gasteiger partial charge on any atom is -0.310 e. The lowest BCUT2D eigenvalue weighted by Gasteiger charge is -2.19. The number of rotatable bonds is 2. The third-order valence-corrected chi connectivity index (χ3v) is 4.61. The number of hydrogen-bond donors (Lipinski definition) is 0. The quantitative estimate of drug-likeness (QED) is 0.838. The largest absolute Gasteiger partial charge is 0.310 e. The van der Waals surface area contributed by atoms with Crippen LogP contribution in [0.4, 0.5) is 10.1 Å². The molecule has 1 atom stereocenters. The van der Waals surface area contributed by atoms with Crippen molar-refractivity contribution in [2.24, 2.45) is 0 Å². The third-order valence-electron chi connectivity index (χ3n) is 4.61. The minimum absolute atomic E-state index is 0.0176. The predicted molar refractivity (Wildman–Crippen MR) is 92.8 cm³/mol. The van der Waals surface area contributed by atoms with E-state index in [9.17, 15) is 9.18 Å². The van der Waals surface area contributed by atoms with Crippen LogP contribution in [0.1, 0.15) is 50.1 Å². The molecule has 0 aliphatic carbocycles. The van der Waals surface area contributed by atoms with Gasteiger partial charge in [0.1, 0.15) is 11.9 Å². The molecule has 4 nitrogen and oxygen atoms in total. The Bertz CT molecular complexity index is 765. The highest BCUT2D eigenvalue weighted by Gasteiger charge is 2.35. The SMILES string of the molecule is Cc1cc(N2CCC(n3ccc(C(C)(C)C)n3)C2=O)cc(C)c1F. The van der Waals surface area contributed by atoms with Crippen molar-refractivity contribution < 1.29 is 9.18 Å². The van der Waals surface area contributed by atoms with E-state index in [0.29, 0.717) is 24.1 Å². The number of benzene rings is 1. The molecule has 1 unspecified atom stereocenters. The Morgan fingerprint density at radius 3 is 2.38 bits per heavy atom. The number of aromatic nitrogens is 2. The van der Waals surface area contributed by atoms with Crippen molar-refractivity contribution in [3.05, 3.63) is 47.0 Å². The standard InChI is InChI=1S/C19H24FN3O/c1-12-10-14(11-13(2)17(12)20)22-8-6-15(18(22)24)23-9-7-16(21-23)19(3,4)5/h7,9-11,15H,6,8H2,1-5H3. The van der Waals surface area contributed by atoms with Crippen LogP contribution in [-0.4, -0.2) is 22.2 Å². The molecular weight excluding hydrogens is 305 g/mol. The highest BCUT2D eigenvalue weighted by molar-refractivity contribution is 5.98. The van der Waals surface area contributed by atoms with E-state index in [-0.39, 0.29) is 23.2 Å². The van der Waals surface area contributed by atoms with E-state index in [1.807, 2.05) is 12.3 Å². The summed E-state index contributed by atoms with van der Waals surface area (Å²) in [4.78, 5) is 14.6. The van der Waals surface area contributed by atoms with Crippen LogP contribution in [0.25, 0.3) is 0 Å². The molecule has 128 valence electrons. The second-order valence-electron chi connectivity index (χ2n) is 7.62. The van der Waals surface area contributed by atoms with Crippen molar-refractivity contribution >= 4 is 11.6 Å². The number of halogens is 1. The van der Waals surface area contributed by atoms with Gasteiger partial charge in [-0.25, -0.2) is 4.39 Å². The maximum absolute atomic E-state index is 13.8. The zero-order valence-corrected chi connectivity index (χ0v) is 14.9. The van der Waals surface area contributed by atoms with Gasteiger partial charge in [-0.1, -0.05) is 20.8 Å². The number of nitrogens with zero attached hydrogens (tertiary/aromatic N) is 3. The summed E-state index contributed by atoms with van der Waals surface area (Å²) in [6.45, 7) is 10.4. The van der Waals surface area contributed by atoms with E-state index in [1.54, 1.807) is 35.6 Å². The summed E-state index contributed by atoms with van der Waals surface area (Å²) in [5.41, 5.74) is 2.83. The van der Waals surface area contributed by atoms with Crippen LogP contribution in [0.5, 0.6) is 0 Å². The van der Waals surface area contributed by atoms with E-state index in [2.05, 4.69) is 25.9 Å². The fraction of sp³-hybridized carbons (Fsp3) is 0.474. The van der Waals surface area contributed by atoms with Crippen molar-refractivity contribution in [2.45, 2.75) is 52.5 Å². The lowest BCUT2D eigenvalue weighted by Crippen LogP contribution is -2.29. The van der Waals surface area contributed by atoms with Gasteiger partial charge in [-0.2, -0.15) is 5.10 Å². The monoisotopic (exact) mass is 329 g/mol. The van der Waals surface area contributed by atoms with E-state index >= 15 is 0 Å². The van der Waals surface area contributed by atoms with Crippen LogP contribution >= 0.6 is 0 Å². The lowest BCUT2D eigenvalue weighted by atomic mass is 9.93. The zero-order chi connectivity index (χ0) is 17.6. The Balaban J connectivity index is 1.87. The summed E-state index contributed by atoms with van der Waals surface area (Å²) in [7, 11) is 0. The Labute approximate surface area is 142 Å². The summed E-state index contributed by atoms with van der Waals surface area (Å²) < 4.78 is 15.6. The molecule has 0 N–H and O–H groups in total. The van der Waals surface area contributed by atoms with Crippen molar-refractivity contribution in [3.63, 3.8) is 0 Å². The Morgan fingerprint density at radius 2 is 1.83 bits per heavy atom. The fourth-order valence-electron chi connectivity index (χ4n) is 3.16. The molecular formula is C19H24FN3O. The second kappa shape index (κ2) is 5.72. The van der Waals surface area contributed by atoms with Crippen LogP contribution in [-0.2, 0) is 10.2 Å². The number of amides is 1. The van der Waals surface area contributed by atoms with Gasteiger partial charge >= 0.3 is 0 Å². The summed E-state index contributed by atoms with van der Waals surface area (Å²) in [5.74, 6) is -0.187. The molecule has 0 radical (unpaired) electrons. The van der Waals surface area contributed by atoms with Crippen molar-refractivity contribution in [3.8, 4) is 0 Å². The Morgan fingerprint density at radius 1 is 1.21 bits per heavy atom. The van der Waals surface area contributed by atoms with E-state index in [1.165, 1.54) is 0 Å². The molecule has 1 aliphatic rings. The highest BCUT2D eigenvalue weighted by atomic mass is 19.1. The van der Waals surface area contributed by atoms with Crippen LogP contribution in [0.2, 0.25) is 0 Å². The van der Waals surface area contributed by atoms with Gasteiger partial charge in [-0.15, -0.1) is 0 Å². The lowest BCUT2D eigenvalue weighted by molar-refractivity contribution is -0.120. The maximum Gasteiger partial charge on any atom is 0.251 e. The van der Waals surface area contributed by atoms with E-state index < -0.39 is 0 Å². The molecule has 24 heavy (non-hydrogen) atoms. The highest BCUT2D eigenvalue weighted by Crippen LogP contribution is 2.31. The van der Waals surface area contributed by atoms with Gasteiger partial charge in [0.2, 0.25) is 0 Å². The van der Waals surface area contributed by atoms with Gasteiger partial charge in [0.05, 0.1) is 5.69 Å². The molecule has 1 fully saturated rings. The van der Waals surface area contributed by atoms with E-state index in [4.69, 9.17) is 0 Å². The summed E-state index contributed by atoms with van der Waals surface area (Å²) in [6, 6.07) is 5.17. The average Bonchev–Trinajstić information content (AvgIpc) is 3.10. The molecule has 0 bridgehead atoms. The molecule has 1 aromatic heterocycles. The van der Waals surface area contributed by atoms with Crippen molar-refractivity contribution in [2.75, 3.05) is 11.4 Å². The molecule has 0 spiro atoms. The second-order valence-corrected chi connectivity index (χ2v) is 7.62. The molecule has 2 heterocycles. The number of anilines is 1. The van der Waals surface area contributed by atoms with Crippen LogP contribution in [0.3, 0.4) is 0 Å². The average molecular weight is 329 g/mol. The molecule has 1 aliphatic heterocycles. The number of aryl methyl sites for hydroxylation is 2. The summed E-state index contributed by atoms with van der Waals surface area (Å²) in [5, 5.41) is 4.60. The third kappa shape index (κ3) is 2.83. The first-order valence-corrected chi connectivity index (χ1v) is 8.32. The molecule has 1 aromatic carbocycles. The van der Waals surface area contributed by atoms with Gasteiger partial charge in [-0.3, -0.25) is 9.48 Å². The summed E-state index contributed by atoms with van der Waals surface area (Å²) >= 11 is 0. The van der Waals surface area contributed by atoms with Gasteiger partial charge in [-0.05, 0) is 49.6 Å². The van der Waals surface area contributed by atoms with E-state index in [0.717, 1.165) is 11.4 Å². The number of hydrogen-bond acceptors (Lipinski definition) is 2. The van der Waals surface area contributed by atoms with Crippen molar-refractivity contribution in [1.82, 2.24) is 9.78 Å². The first-order valence-electron chi connectivity index (χ1n) is 8.32. The summed E-state index contributed by atoms with van der Waals surface area (Å²) in [6.07, 6.45) is 2.59. The van der Waals surface area contributed by atoms with Gasteiger partial charge in [0.25, 0.3) is 5.91 Å². The number of carbonyl (C=O) groups excluding carboxylic acids is 1. The fourth-order valence-corrected chi connectivity index (χ4v) is 3.16. The van der Waals surface area contributed by atoms with Gasteiger partial charge < -0.3 is 4.90 Å². The smallest absolute Gasteiger partial charge is 0.251 e. The van der Waals surface area contributed by atoms with Gasteiger partial charge in [0.15, 0.2) is 0 Å².